The molecule has 2 aliphatic rings. The quantitative estimate of drug-likeness (QED) is 0.703. The lowest BCUT2D eigenvalue weighted by Crippen LogP contribution is -2.47. The van der Waals surface area contributed by atoms with Crippen LogP contribution in [0.25, 0.3) is 0 Å². The van der Waals surface area contributed by atoms with Crippen LogP contribution in [0.1, 0.15) is 25.7 Å². The second-order valence-corrected chi connectivity index (χ2v) is 9.91. The van der Waals surface area contributed by atoms with Gasteiger partial charge in [-0.1, -0.05) is 0 Å². The summed E-state index contributed by atoms with van der Waals surface area (Å²) in [4.78, 5) is -0.218. The maximum Gasteiger partial charge on any atom is 0.240 e. The summed E-state index contributed by atoms with van der Waals surface area (Å²) in [7, 11) is -7.49. The Bertz CT molecular complexity index is 830. The zero-order valence-electron chi connectivity index (χ0n) is 13.1. The third kappa shape index (κ3) is 4.05. The molecule has 0 spiro atoms. The third-order valence-electron chi connectivity index (χ3n) is 4.34. The van der Waals surface area contributed by atoms with Gasteiger partial charge in [-0.05, 0) is 43.9 Å². The molecule has 10 heteroatoms. The largest absolute Gasteiger partial charge is 0.311 e. The summed E-state index contributed by atoms with van der Waals surface area (Å²) < 4.78 is 65.8. The predicted octanol–water partition coefficient (Wildman–Crippen LogP) is 0.758. The normalized spacial score (nSPS) is 27.2. The van der Waals surface area contributed by atoms with Crippen LogP contribution in [0.4, 0.5) is 10.1 Å². The van der Waals surface area contributed by atoms with Gasteiger partial charge >= 0.3 is 0 Å². The van der Waals surface area contributed by atoms with E-state index in [1.807, 2.05) is 4.72 Å². The highest BCUT2D eigenvalue weighted by Crippen LogP contribution is 2.28. The Kier molecular flexibility index (Phi) is 4.58. The number of benzene rings is 1. The third-order valence-corrected chi connectivity index (χ3v) is 6.45. The molecule has 0 aliphatic carbocycles. The van der Waals surface area contributed by atoms with Gasteiger partial charge in [-0.2, -0.15) is 0 Å². The molecule has 2 bridgehead atoms. The Morgan fingerprint density at radius 3 is 2.29 bits per heavy atom. The summed E-state index contributed by atoms with van der Waals surface area (Å²) in [6.45, 7) is 0. The van der Waals surface area contributed by atoms with Crippen molar-refractivity contribution in [2.24, 2.45) is 0 Å². The summed E-state index contributed by atoms with van der Waals surface area (Å²) in [5, 5.41) is 3.42. The number of hydrogen-bond acceptors (Lipinski definition) is 5. The van der Waals surface area contributed by atoms with Crippen LogP contribution in [0.2, 0.25) is 0 Å². The zero-order valence-corrected chi connectivity index (χ0v) is 14.8. The number of hydrogen-bond donors (Lipinski definition) is 3. The Morgan fingerprint density at radius 2 is 1.75 bits per heavy atom. The molecular formula is C14H20FN3O4S2. The topological polar surface area (TPSA) is 104 Å². The van der Waals surface area contributed by atoms with Crippen LogP contribution < -0.4 is 14.8 Å². The summed E-state index contributed by atoms with van der Waals surface area (Å²) >= 11 is 0. The molecule has 1 aromatic carbocycles. The van der Waals surface area contributed by atoms with Crippen LogP contribution in [0, 0.1) is 5.82 Å². The molecule has 3 N–H and O–H groups in total. The Hall–Kier alpha value is -1.23. The summed E-state index contributed by atoms with van der Waals surface area (Å²) in [6, 6.07) is 3.60. The van der Waals surface area contributed by atoms with Gasteiger partial charge in [-0.15, -0.1) is 0 Å². The molecule has 0 saturated carbocycles. The van der Waals surface area contributed by atoms with E-state index in [1.165, 1.54) is 6.07 Å². The van der Waals surface area contributed by atoms with Crippen molar-refractivity contribution in [1.82, 2.24) is 10.0 Å². The Balaban J connectivity index is 1.76. The number of anilines is 1. The van der Waals surface area contributed by atoms with Crippen LogP contribution in [-0.2, 0) is 20.0 Å². The van der Waals surface area contributed by atoms with E-state index < -0.39 is 25.9 Å². The van der Waals surface area contributed by atoms with Crippen molar-refractivity contribution in [2.75, 3.05) is 11.0 Å². The molecule has 2 fully saturated rings. The van der Waals surface area contributed by atoms with Crippen LogP contribution in [0.15, 0.2) is 23.1 Å². The van der Waals surface area contributed by atoms with Crippen molar-refractivity contribution in [3.63, 3.8) is 0 Å². The molecule has 0 radical (unpaired) electrons. The highest BCUT2D eigenvalue weighted by Gasteiger charge is 2.35. The molecule has 2 aliphatic heterocycles. The maximum absolute atomic E-state index is 14.0. The Morgan fingerprint density at radius 1 is 1.12 bits per heavy atom. The summed E-state index contributed by atoms with van der Waals surface area (Å²) in [5.41, 5.74) is -0.281. The molecule has 7 nitrogen and oxygen atoms in total. The molecule has 1 aromatic rings. The first-order valence-electron chi connectivity index (χ1n) is 7.68. The predicted molar refractivity (Wildman–Crippen MR) is 88.2 cm³/mol. The molecule has 134 valence electrons. The van der Waals surface area contributed by atoms with Crippen LogP contribution in [-0.4, -0.2) is 41.2 Å². The molecule has 2 atom stereocenters. The molecule has 2 saturated heterocycles. The van der Waals surface area contributed by atoms with E-state index in [9.17, 15) is 21.2 Å². The fourth-order valence-electron chi connectivity index (χ4n) is 3.39. The average molecular weight is 377 g/mol. The Labute approximate surface area is 141 Å². The molecule has 2 heterocycles. The standard InChI is InChI=1S/C14H20FN3O4S2/c1-23(19,20)18-14-5-4-12(8-13(14)15)24(21,22)17-11-6-9-2-3-10(7-11)16-9/h4-5,8-11,16-18H,2-3,6-7H2,1H3. The van der Waals surface area contributed by atoms with Gasteiger partial charge in [0, 0.05) is 18.1 Å². The first-order chi connectivity index (χ1) is 11.1. The zero-order chi connectivity index (χ0) is 17.5. The molecule has 2 unspecified atom stereocenters. The van der Waals surface area contributed by atoms with Crippen molar-refractivity contribution >= 4 is 25.7 Å². The SMILES string of the molecule is CS(=O)(=O)Nc1ccc(S(=O)(=O)NC2CC3CCC(C2)N3)cc1F. The van der Waals surface area contributed by atoms with Crippen LogP contribution in [0.3, 0.4) is 0 Å². The van der Waals surface area contributed by atoms with E-state index in [1.54, 1.807) is 0 Å². The smallest absolute Gasteiger partial charge is 0.240 e. The molecule has 24 heavy (non-hydrogen) atoms. The lowest BCUT2D eigenvalue weighted by molar-refractivity contribution is 0.345. The second kappa shape index (κ2) is 6.25. The van der Waals surface area contributed by atoms with Gasteiger partial charge in [0.2, 0.25) is 20.0 Å². The maximum atomic E-state index is 14.0. The fourth-order valence-corrected chi connectivity index (χ4v) is 5.22. The average Bonchev–Trinajstić information content (AvgIpc) is 2.78. The van der Waals surface area contributed by atoms with E-state index in [2.05, 4.69) is 10.0 Å². The first-order valence-corrected chi connectivity index (χ1v) is 11.1. The minimum atomic E-state index is -3.86. The first kappa shape index (κ1) is 17.6. The number of sulfonamides is 2. The van der Waals surface area contributed by atoms with Crippen molar-refractivity contribution in [3.8, 4) is 0 Å². The van der Waals surface area contributed by atoms with Gasteiger partial charge in [0.25, 0.3) is 0 Å². The lowest BCUT2D eigenvalue weighted by atomic mass is 10.0. The molecule has 3 rings (SSSR count). The van der Waals surface area contributed by atoms with Gasteiger partial charge < -0.3 is 5.32 Å². The van der Waals surface area contributed by atoms with E-state index in [4.69, 9.17) is 0 Å². The minimum Gasteiger partial charge on any atom is -0.311 e. The number of piperidine rings is 1. The van der Waals surface area contributed by atoms with Gasteiger partial charge in [-0.3, -0.25) is 4.72 Å². The van der Waals surface area contributed by atoms with E-state index in [-0.39, 0.29) is 16.6 Å². The van der Waals surface area contributed by atoms with Gasteiger partial charge in [0.05, 0.1) is 16.8 Å². The van der Waals surface area contributed by atoms with E-state index in [0.29, 0.717) is 24.9 Å². The number of fused-ring (bicyclic) bond motifs is 2. The minimum absolute atomic E-state index is 0.175. The number of halogens is 1. The van der Waals surface area contributed by atoms with E-state index >= 15 is 0 Å². The van der Waals surface area contributed by atoms with E-state index in [0.717, 1.165) is 31.2 Å². The van der Waals surface area contributed by atoms with Crippen molar-refractivity contribution < 1.29 is 21.2 Å². The monoisotopic (exact) mass is 377 g/mol. The van der Waals surface area contributed by atoms with Crippen molar-refractivity contribution in [1.29, 1.82) is 0 Å². The van der Waals surface area contributed by atoms with Gasteiger partial charge in [-0.25, -0.2) is 25.9 Å². The lowest BCUT2D eigenvalue weighted by Gasteiger charge is -2.29. The molecule has 0 aromatic heterocycles. The number of rotatable bonds is 5. The van der Waals surface area contributed by atoms with Crippen molar-refractivity contribution in [3.05, 3.63) is 24.0 Å². The highest BCUT2D eigenvalue weighted by atomic mass is 32.2. The van der Waals surface area contributed by atoms with Crippen LogP contribution in [0.5, 0.6) is 0 Å². The molecular weight excluding hydrogens is 357 g/mol. The van der Waals surface area contributed by atoms with Gasteiger partial charge in [0.15, 0.2) is 0 Å². The van der Waals surface area contributed by atoms with Crippen LogP contribution >= 0.6 is 0 Å². The fraction of sp³-hybridized carbons (Fsp3) is 0.571. The highest BCUT2D eigenvalue weighted by molar-refractivity contribution is 7.92. The second-order valence-electron chi connectivity index (χ2n) is 6.44. The number of nitrogens with one attached hydrogen (secondary N) is 3. The molecule has 0 amide bonds. The van der Waals surface area contributed by atoms with Crippen molar-refractivity contribution in [2.45, 2.75) is 48.7 Å². The van der Waals surface area contributed by atoms with Gasteiger partial charge in [0.1, 0.15) is 5.82 Å². The summed E-state index contributed by atoms with van der Waals surface area (Å²) in [6.07, 6.45) is 4.41. The summed E-state index contributed by atoms with van der Waals surface area (Å²) in [5.74, 6) is -0.936.